The second-order valence-electron chi connectivity index (χ2n) is 4.92. The zero-order chi connectivity index (χ0) is 10.8. The highest BCUT2D eigenvalue weighted by Gasteiger charge is 2.37. The number of nitrogens with two attached hydrogens (primary N) is 2. The van der Waals surface area contributed by atoms with Crippen LogP contribution in [0.1, 0.15) is 33.1 Å². The van der Waals surface area contributed by atoms with Gasteiger partial charge in [-0.25, -0.2) is 0 Å². The standard InChI is InChI=1S/C11H23N3/c1-9(13)14-8-10(5-4-6-12)7-11(14,2)3/h10H,1,4-8,12-13H2,2-3H3/t10-/m1/s1. The number of hydrogen-bond donors (Lipinski definition) is 2. The first-order valence-corrected chi connectivity index (χ1v) is 5.39. The summed E-state index contributed by atoms with van der Waals surface area (Å²) in [4.78, 5) is 2.22. The molecule has 0 spiro atoms. The fourth-order valence-electron chi connectivity index (χ4n) is 2.49. The largest absolute Gasteiger partial charge is 0.386 e. The molecule has 1 aliphatic heterocycles. The summed E-state index contributed by atoms with van der Waals surface area (Å²) >= 11 is 0. The summed E-state index contributed by atoms with van der Waals surface area (Å²) in [6.45, 7) is 10.1. The van der Waals surface area contributed by atoms with Crippen LogP contribution in [0.15, 0.2) is 12.4 Å². The maximum Gasteiger partial charge on any atom is 0.0916 e. The normalized spacial score (nSPS) is 25.4. The van der Waals surface area contributed by atoms with Crippen molar-refractivity contribution in [2.75, 3.05) is 13.1 Å². The van der Waals surface area contributed by atoms with Gasteiger partial charge in [-0.1, -0.05) is 6.58 Å². The number of rotatable bonds is 4. The molecule has 1 heterocycles. The molecule has 0 aromatic heterocycles. The van der Waals surface area contributed by atoms with E-state index in [-0.39, 0.29) is 5.54 Å². The van der Waals surface area contributed by atoms with Gasteiger partial charge in [0.25, 0.3) is 0 Å². The Labute approximate surface area is 87.1 Å². The van der Waals surface area contributed by atoms with Crippen molar-refractivity contribution in [3.8, 4) is 0 Å². The van der Waals surface area contributed by atoms with E-state index >= 15 is 0 Å². The van der Waals surface area contributed by atoms with Crippen molar-refractivity contribution in [2.45, 2.75) is 38.6 Å². The Hall–Kier alpha value is -0.700. The quantitative estimate of drug-likeness (QED) is 0.713. The average molecular weight is 197 g/mol. The van der Waals surface area contributed by atoms with Crippen LogP contribution in [0.3, 0.4) is 0 Å². The lowest BCUT2D eigenvalue weighted by Crippen LogP contribution is -2.39. The van der Waals surface area contributed by atoms with Crippen LogP contribution in [0.25, 0.3) is 0 Å². The van der Waals surface area contributed by atoms with Gasteiger partial charge in [-0.15, -0.1) is 0 Å². The molecule has 3 nitrogen and oxygen atoms in total. The first-order chi connectivity index (χ1) is 6.47. The van der Waals surface area contributed by atoms with Crippen LogP contribution < -0.4 is 11.5 Å². The molecule has 1 rings (SSSR count). The van der Waals surface area contributed by atoms with Gasteiger partial charge in [-0.05, 0) is 45.6 Å². The molecule has 0 amide bonds. The van der Waals surface area contributed by atoms with E-state index in [0.717, 1.165) is 25.4 Å². The number of likely N-dealkylation sites (tertiary alicyclic amines) is 1. The summed E-state index contributed by atoms with van der Waals surface area (Å²) in [6.07, 6.45) is 3.53. The van der Waals surface area contributed by atoms with E-state index in [4.69, 9.17) is 11.5 Å². The summed E-state index contributed by atoms with van der Waals surface area (Å²) < 4.78 is 0. The summed E-state index contributed by atoms with van der Waals surface area (Å²) in [5.74, 6) is 1.43. The van der Waals surface area contributed by atoms with Crippen LogP contribution in [-0.2, 0) is 0 Å². The van der Waals surface area contributed by atoms with Crippen LogP contribution in [0.4, 0.5) is 0 Å². The fourth-order valence-corrected chi connectivity index (χ4v) is 2.49. The van der Waals surface area contributed by atoms with Crippen molar-refractivity contribution in [1.82, 2.24) is 4.90 Å². The SMILES string of the molecule is C=C(N)N1C[C@H](CCCN)CC1(C)C. The van der Waals surface area contributed by atoms with E-state index in [1.165, 1.54) is 12.8 Å². The minimum atomic E-state index is 0.172. The average Bonchev–Trinajstić information content (AvgIpc) is 2.37. The molecule has 82 valence electrons. The summed E-state index contributed by atoms with van der Waals surface area (Å²) in [6, 6.07) is 0. The third-order valence-corrected chi connectivity index (χ3v) is 3.12. The molecule has 1 saturated heterocycles. The highest BCUT2D eigenvalue weighted by Crippen LogP contribution is 2.35. The van der Waals surface area contributed by atoms with Gasteiger partial charge < -0.3 is 16.4 Å². The number of nitrogens with zero attached hydrogens (tertiary/aromatic N) is 1. The van der Waals surface area contributed by atoms with Gasteiger partial charge in [0.15, 0.2) is 0 Å². The third-order valence-electron chi connectivity index (χ3n) is 3.12. The van der Waals surface area contributed by atoms with Gasteiger partial charge in [0.05, 0.1) is 5.82 Å². The second-order valence-corrected chi connectivity index (χ2v) is 4.92. The molecule has 0 saturated carbocycles. The predicted octanol–water partition coefficient (Wildman–Crippen LogP) is 1.26. The van der Waals surface area contributed by atoms with E-state index in [2.05, 4.69) is 25.3 Å². The van der Waals surface area contributed by atoms with E-state index in [1.807, 2.05) is 0 Å². The molecule has 4 N–H and O–H groups in total. The zero-order valence-corrected chi connectivity index (χ0v) is 9.42. The maximum atomic E-state index is 5.77. The molecule has 0 bridgehead atoms. The van der Waals surface area contributed by atoms with E-state index in [1.54, 1.807) is 0 Å². The van der Waals surface area contributed by atoms with Crippen molar-refractivity contribution in [1.29, 1.82) is 0 Å². The van der Waals surface area contributed by atoms with Gasteiger partial charge in [0.2, 0.25) is 0 Å². The third kappa shape index (κ3) is 2.41. The van der Waals surface area contributed by atoms with Crippen molar-refractivity contribution < 1.29 is 0 Å². The lowest BCUT2D eigenvalue weighted by Gasteiger charge is -2.32. The van der Waals surface area contributed by atoms with Gasteiger partial charge in [-0.3, -0.25) is 0 Å². The topological polar surface area (TPSA) is 55.3 Å². The van der Waals surface area contributed by atoms with Gasteiger partial charge in [0, 0.05) is 12.1 Å². The zero-order valence-electron chi connectivity index (χ0n) is 9.42. The Morgan fingerprint density at radius 2 is 2.21 bits per heavy atom. The molecule has 1 fully saturated rings. The molecule has 14 heavy (non-hydrogen) atoms. The molecule has 3 heteroatoms. The molecular weight excluding hydrogens is 174 g/mol. The van der Waals surface area contributed by atoms with Crippen LogP contribution in [0, 0.1) is 5.92 Å². The molecule has 0 aromatic carbocycles. The predicted molar refractivity (Wildman–Crippen MR) is 60.5 cm³/mol. The lowest BCUT2D eigenvalue weighted by atomic mass is 9.93. The molecule has 0 radical (unpaired) electrons. The molecule has 0 aromatic rings. The van der Waals surface area contributed by atoms with Crippen molar-refractivity contribution in [3.63, 3.8) is 0 Å². The molecule has 0 aliphatic carbocycles. The van der Waals surface area contributed by atoms with E-state index in [9.17, 15) is 0 Å². The van der Waals surface area contributed by atoms with E-state index in [0.29, 0.717) is 5.82 Å². The van der Waals surface area contributed by atoms with Gasteiger partial charge in [-0.2, -0.15) is 0 Å². The Balaban J connectivity index is 2.53. The lowest BCUT2D eigenvalue weighted by molar-refractivity contribution is 0.226. The minimum Gasteiger partial charge on any atom is -0.386 e. The summed E-state index contributed by atoms with van der Waals surface area (Å²) in [5, 5.41) is 0. The van der Waals surface area contributed by atoms with Crippen molar-refractivity contribution in [3.05, 3.63) is 12.4 Å². The molecule has 1 aliphatic rings. The van der Waals surface area contributed by atoms with Crippen LogP contribution >= 0.6 is 0 Å². The smallest absolute Gasteiger partial charge is 0.0916 e. The number of hydrogen-bond acceptors (Lipinski definition) is 3. The summed E-state index contributed by atoms with van der Waals surface area (Å²) in [7, 11) is 0. The van der Waals surface area contributed by atoms with Crippen LogP contribution in [-0.4, -0.2) is 23.5 Å². The van der Waals surface area contributed by atoms with Crippen LogP contribution in [0.5, 0.6) is 0 Å². The van der Waals surface area contributed by atoms with Crippen LogP contribution in [0.2, 0.25) is 0 Å². The second kappa shape index (κ2) is 4.22. The molecular formula is C11H23N3. The Morgan fingerprint density at radius 3 is 2.64 bits per heavy atom. The van der Waals surface area contributed by atoms with Crippen molar-refractivity contribution >= 4 is 0 Å². The molecule has 0 unspecified atom stereocenters. The fraction of sp³-hybridized carbons (Fsp3) is 0.818. The minimum absolute atomic E-state index is 0.172. The molecule has 1 atom stereocenters. The van der Waals surface area contributed by atoms with Gasteiger partial charge >= 0.3 is 0 Å². The summed E-state index contributed by atoms with van der Waals surface area (Å²) in [5.41, 5.74) is 11.5. The Bertz CT molecular complexity index is 211. The first-order valence-electron chi connectivity index (χ1n) is 5.39. The maximum absolute atomic E-state index is 5.77. The Morgan fingerprint density at radius 1 is 1.57 bits per heavy atom. The van der Waals surface area contributed by atoms with Gasteiger partial charge in [0.1, 0.15) is 0 Å². The first kappa shape index (κ1) is 11.4. The van der Waals surface area contributed by atoms with Crippen molar-refractivity contribution in [2.24, 2.45) is 17.4 Å². The monoisotopic (exact) mass is 197 g/mol. The highest BCUT2D eigenvalue weighted by atomic mass is 15.3. The van der Waals surface area contributed by atoms with E-state index < -0.39 is 0 Å². The highest BCUT2D eigenvalue weighted by molar-refractivity contribution is 5.02. The Kier molecular flexibility index (Phi) is 3.43.